The fraction of sp³-hybridized carbons (Fsp3) is 0.600. The van der Waals surface area contributed by atoms with Crippen LogP contribution in [0, 0.1) is 6.92 Å². The number of nitrogens with one attached hydrogen (secondary N) is 1. The molecule has 0 heterocycles. The summed E-state index contributed by atoms with van der Waals surface area (Å²) in [5.74, 6) is 0. The molecule has 0 bridgehead atoms. The van der Waals surface area contributed by atoms with Crippen molar-refractivity contribution in [1.29, 1.82) is 0 Å². The van der Waals surface area contributed by atoms with Gasteiger partial charge in [-0.1, -0.05) is 24.3 Å². The Morgan fingerprint density at radius 3 is 2.53 bits per heavy atom. The maximum atomic E-state index is 8.79. The quantitative estimate of drug-likeness (QED) is 0.761. The van der Waals surface area contributed by atoms with Crippen LogP contribution >= 0.6 is 0 Å². The summed E-state index contributed by atoms with van der Waals surface area (Å²) in [6.45, 7) is 6.86. The van der Waals surface area contributed by atoms with Crippen LogP contribution in [0.25, 0.3) is 0 Å². The second-order valence-electron chi connectivity index (χ2n) is 4.97. The number of benzene rings is 1. The van der Waals surface area contributed by atoms with E-state index in [-0.39, 0.29) is 6.61 Å². The fourth-order valence-corrected chi connectivity index (χ4v) is 2.19. The Kier molecular flexibility index (Phi) is 6.23. The number of aliphatic hydroxyl groups excluding tert-OH is 1. The minimum Gasteiger partial charge on any atom is -0.396 e. The zero-order valence-electron chi connectivity index (χ0n) is 11.2. The molecule has 0 radical (unpaired) electrons. The number of rotatable bonds is 7. The largest absolute Gasteiger partial charge is 0.396 e. The van der Waals surface area contributed by atoms with Gasteiger partial charge in [0.1, 0.15) is 0 Å². The number of aliphatic hydroxyl groups is 1. The van der Waals surface area contributed by atoms with Gasteiger partial charge in [-0.2, -0.15) is 0 Å². The van der Waals surface area contributed by atoms with E-state index in [1.54, 1.807) is 0 Å². The van der Waals surface area contributed by atoms with Crippen LogP contribution in [0.3, 0.4) is 0 Å². The molecule has 0 aromatic heterocycles. The summed E-state index contributed by atoms with van der Waals surface area (Å²) < 4.78 is 0. The van der Waals surface area contributed by atoms with Crippen molar-refractivity contribution in [3.8, 4) is 0 Å². The third kappa shape index (κ3) is 5.33. The van der Waals surface area contributed by atoms with Crippen molar-refractivity contribution in [3.63, 3.8) is 0 Å². The summed E-state index contributed by atoms with van der Waals surface area (Å²) in [5, 5.41) is 12.4. The molecular formula is C15H25NO. The van der Waals surface area contributed by atoms with Crippen molar-refractivity contribution in [3.05, 3.63) is 35.4 Å². The van der Waals surface area contributed by atoms with Crippen LogP contribution in [0.1, 0.15) is 37.8 Å². The molecular weight excluding hydrogens is 210 g/mol. The van der Waals surface area contributed by atoms with E-state index in [1.807, 2.05) is 0 Å². The Labute approximate surface area is 105 Å². The molecule has 0 fully saturated rings. The molecule has 2 nitrogen and oxygen atoms in total. The van der Waals surface area contributed by atoms with Crippen LogP contribution in [0.4, 0.5) is 0 Å². The summed E-state index contributed by atoms with van der Waals surface area (Å²) in [5.41, 5.74) is 2.78. The van der Waals surface area contributed by atoms with Crippen LogP contribution in [0.15, 0.2) is 24.3 Å². The molecule has 0 saturated heterocycles. The third-order valence-electron chi connectivity index (χ3n) is 3.15. The summed E-state index contributed by atoms with van der Waals surface area (Å²) >= 11 is 0. The average Bonchev–Trinajstić information content (AvgIpc) is 2.29. The first-order chi connectivity index (χ1) is 8.13. The summed E-state index contributed by atoms with van der Waals surface area (Å²) in [6, 6.07) is 9.50. The van der Waals surface area contributed by atoms with E-state index in [9.17, 15) is 0 Å². The summed E-state index contributed by atoms with van der Waals surface area (Å²) in [7, 11) is 0. The van der Waals surface area contributed by atoms with Crippen LogP contribution in [0.5, 0.6) is 0 Å². The lowest BCUT2D eigenvalue weighted by Crippen LogP contribution is -2.36. The molecule has 0 aliphatic carbocycles. The Balaban J connectivity index is 2.39. The van der Waals surface area contributed by atoms with Crippen molar-refractivity contribution in [2.75, 3.05) is 6.61 Å². The van der Waals surface area contributed by atoms with Gasteiger partial charge < -0.3 is 10.4 Å². The highest BCUT2D eigenvalue weighted by molar-refractivity contribution is 5.26. The van der Waals surface area contributed by atoms with Gasteiger partial charge in [-0.15, -0.1) is 0 Å². The van der Waals surface area contributed by atoms with Gasteiger partial charge in [0.2, 0.25) is 0 Å². The highest BCUT2D eigenvalue weighted by Crippen LogP contribution is 2.10. The Morgan fingerprint density at radius 2 is 1.88 bits per heavy atom. The van der Waals surface area contributed by atoms with Crippen molar-refractivity contribution in [2.45, 2.75) is 52.1 Å². The first-order valence-corrected chi connectivity index (χ1v) is 6.55. The Hall–Kier alpha value is -0.860. The highest BCUT2D eigenvalue weighted by Gasteiger charge is 2.08. The molecule has 0 aliphatic rings. The predicted octanol–water partition coefficient (Wildman–Crippen LogP) is 2.68. The topological polar surface area (TPSA) is 32.3 Å². The van der Waals surface area contributed by atoms with Gasteiger partial charge in [0, 0.05) is 18.7 Å². The monoisotopic (exact) mass is 235 g/mol. The minimum atomic E-state index is 0.290. The molecule has 1 rings (SSSR count). The average molecular weight is 235 g/mol. The number of hydrogen-bond acceptors (Lipinski definition) is 2. The maximum Gasteiger partial charge on any atom is 0.0431 e. The molecule has 17 heavy (non-hydrogen) atoms. The van der Waals surface area contributed by atoms with Gasteiger partial charge >= 0.3 is 0 Å². The first-order valence-electron chi connectivity index (χ1n) is 6.55. The van der Waals surface area contributed by atoms with Crippen molar-refractivity contribution >= 4 is 0 Å². The molecule has 2 unspecified atom stereocenters. The van der Waals surface area contributed by atoms with Crippen molar-refractivity contribution in [2.24, 2.45) is 0 Å². The van der Waals surface area contributed by atoms with E-state index in [2.05, 4.69) is 50.4 Å². The highest BCUT2D eigenvalue weighted by atomic mass is 16.2. The molecule has 0 saturated carbocycles. The van der Waals surface area contributed by atoms with Crippen LogP contribution < -0.4 is 5.32 Å². The van der Waals surface area contributed by atoms with E-state index >= 15 is 0 Å². The minimum absolute atomic E-state index is 0.290. The van der Waals surface area contributed by atoms with E-state index < -0.39 is 0 Å². The molecule has 0 aliphatic heterocycles. The van der Waals surface area contributed by atoms with Gasteiger partial charge in [-0.25, -0.2) is 0 Å². The molecule has 96 valence electrons. The lowest BCUT2D eigenvalue weighted by Gasteiger charge is -2.20. The molecule has 0 spiro atoms. The van der Waals surface area contributed by atoms with E-state index in [0.717, 1.165) is 19.3 Å². The third-order valence-corrected chi connectivity index (χ3v) is 3.15. The SMILES string of the molecule is Cc1ccccc1CC(C)NC(C)CCCO. The maximum absolute atomic E-state index is 8.79. The Morgan fingerprint density at radius 1 is 1.18 bits per heavy atom. The van der Waals surface area contributed by atoms with Gasteiger partial charge in [-0.05, 0) is 51.2 Å². The molecule has 2 heteroatoms. The lowest BCUT2D eigenvalue weighted by atomic mass is 10.0. The molecule has 1 aromatic carbocycles. The number of hydrogen-bond donors (Lipinski definition) is 2. The van der Waals surface area contributed by atoms with Gasteiger partial charge in [0.05, 0.1) is 0 Å². The van der Waals surface area contributed by atoms with E-state index in [1.165, 1.54) is 11.1 Å². The molecule has 2 N–H and O–H groups in total. The smallest absolute Gasteiger partial charge is 0.0431 e. The van der Waals surface area contributed by atoms with Crippen molar-refractivity contribution < 1.29 is 5.11 Å². The standard InChI is InChI=1S/C15H25NO/c1-12-7-4-5-9-15(12)11-14(3)16-13(2)8-6-10-17/h4-5,7,9,13-14,16-17H,6,8,10-11H2,1-3H3. The molecule has 1 aromatic rings. The van der Waals surface area contributed by atoms with Gasteiger partial charge in [0.25, 0.3) is 0 Å². The molecule has 0 amide bonds. The Bertz CT molecular complexity index is 324. The number of aryl methyl sites for hydroxylation is 1. The second-order valence-corrected chi connectivity index (χ2v) is 4.97. The summed E-state index contributed by atoms with van der Waals surface area (Å²) in [4.78, 5) is 0. The van der Waals surface area contributed by atoms with E-state index in [4.69, 9.17) is 5.11 Å². The summed E-state index contributed by atoms with van der Waals surface area (Å²) in [6.07, 6.45) is 2.98. The zero-order valence-corrected chi connectivity index (χ0v) is 11.2. The fourth-order valence-electron chi connectivity index (χ4n) is 2.19. The van der Waals surface area contributed by atoms with Gasteiger partial charge in [-0.3, -0.25) is 0 Å². The lowest BCUT2D eigenvalue weighted by molar-refractivity contribution is 0.274. The van der Waals surface area contributed by atoms with Gasteiger partial charge in [0.15, 0.2) is 0 Å². The van der Waals surface area contributed by atoms with Crippen LogP contribution in [-0.2, 0) is 6.42 Å². The second kappa shape index (κ2) is 7.46. The predicted molar refractivity (Wildman–Crippen MR) is 73.3 cm³/mol. The van der Waals surface area contributed by atoms with Crippen LogP contribution in [-0.4, -0.2) is 23.8 Å². The molecule has 2 atom stereocenters. The van der Waals surface area contributed by atoms with Crippen LogP contribution in [0.2, 0.25) is 0 Å². The first kappa shape index (κ1) is 14.2. The zero-order chi connectivity index (χ0) is 12.7. The van der Waals surface area contributed by atoms with Crippen molar-refractivity contribution in [1.82, 2.24) is 5.32 Å². The van der Waals surface area contributed by atoms with E-state index in [0.29, 0.717) is 12.1 Å². The normalized spacial score (nSPS) is 14.6.